The summed E-state index contributed by atoms with van der Waals surface area (Å²) in [6.07, 6.45) is 0.630. The number of nitrogens with zero attached hydrogens (tertiary/aromatic N) is 1. The molecule has 0 fully saturated rings. The van der Waals surface area contributed by atoms with Gasteiger partial charge in [0, 0.05) is 24.1 Å². The number of carboxylic acids is 1. The van der Waals surface area contributed by atoms with E-state index >= 15 is 0 Å². The summed E-state index contributed by atoms with van der Waals surface area (Å²) in [7, 11) is 1.51. The van der Waals surface area contributed by atoms with Crippen LogP contribution in [0.2, 0.25) is 0 Å². The molecular weight excluding hydrogens is 281 g/mol. The fourth-order valence-electron chi connectivity index (χ4n) is 1.75. The maximum absolute atomic E-state index is 12.7. The number of thioether (sulfide) groups is 1. The fourth-order valence-corrected chi connectivity index (χ4v) is 2.59. The van der Waals surface area contributed by atoms with E-state index in [0.717, 1.165) is 4.90 Å². The number of carbonyl (C=O) groups excluding carboxylic acids is 1. The van der Waals surface area contributed by atoms with Crippen LogP contribution >= 0.6 is 11.8 Å². The van der Waals surface area contributed by atoms with Crippen LogP contribution in [-0.4, -0.2) is 40.7 Å². The average molecular weight is 299 g/mol. The Kier molecular flexibility index (Phi) is 6.51. The molecule has 0 saturated carbocycles. The lowest BCUT2D eigenvalue weighted by molar-refractivity contribution is -0.149. The molecule has 0 saturated heterocycles. The van der Waals surface area contributed by atoms with Crippen molar-refractivity contribution in [2.24, 2.45) is 0 Å². The first-order chi connectivity index (χ1) is 9.45. The number of carboxylic acid groups (broad SMARTS) is 1. The van der Waals surface area contributed by atoms with E-state index < -0.39 is 12.0 Å². The minimum absolute atomic E-state index is 0.200. The standard InChI is InChI=1S/C14H18FNO3S/c1-3-12(14(18)19)16(2)13(17)8-9-20-11-6-4-10(15)5-7-11/h4-7,12H,3,8-9H2,1-2H3,(H,18,19). The quantitative estimate of drug-likeness (QED) is 0.786. The molecule has 1 unspecified atom stereocenters. The summed E-state index contributed by atoms with van der Waals surface area (Å²) in [6, 6.07) is 5.26. The molecule has 1 rings (SSSR count). The third-order valence-corrected chi connectivity index (χ3v) is 3.94. The molecule has 0 radical (unpaired) electrons. The van der Waals surface area contributed by atoms with E-state index in [1.807, 2.05) is 0 Å². The van der Waals surface area contributed by atoms with Gasteiger partial charge in [0.05, 0.1) is 0 Å². The lowest BCUT2D eigenvalue weighted by Crippen LogP contribution is -2.42. The van der Waals surface area contributed by atoms with E-state index in [4.69, 9.17) is 5.11 Å². The van der Waals surface area contributed by atoms with Gasteiger partial charge < -0.3 is 10.0 Å². The number of benzene rings is 1. The Morgan fingerprint density at radius 1 is 1.35 bits per heavy atom. The normalized spacial score (nSPS) is 11.9. The zero-order valence-electron chi connectivity index (χ0n) is 11.5. The predicted molar refractivity (Wildman–Crippen MR) is 76.2 cm³/mol. The van der Waals surface area contributed by atoms with Crippen molar-refractivity contribution in [3.63, 3.8) is 0 Å². The summed E-state index contributed by atoms with van der Waals surface area (Å²) in [5.41, 5.74) is 0. The van der Waals surface area contributed by atoms with Crippen molar-refractivity contribution in [3.8, 4) is 0 Å². The van der Waals surface area contributed by atoms with Crippen molar-refractivity contribution in [2.75, 3.05) is 12.8 Å². The van der Waals surface area contributed by atoms with Gasteiger partial charge in [-0.1, -0.05) is 6.92 Å². The van der Waals surface area contributed by atoms with Crippen LogP contribution in [0.1, 0.15) is 19.8 Å². The molecule has 0 aliphatic heterocycles. The summed E-state index contributed by atoms with van der Waals surface area (Å²) in [4.78, 5) is 25.0. The van der Waals surface area contributed by atoms with Gasteiger partial charge in [-0.05, 0) is 30.7 Å². The molecule has 0 spiro atoms. The third kappa shape index (κ3) is 4.85. The van der Waals surface area contributed by atoms with Crippen molar-refractivity contribution in [1.82, 2.24) is 4.90 Å². The fraction of sp³-hybridized carbons (Fsp3) is 0.429. The first kappa shape index (κ1) is 16.5. The molecule has 0 aliphatic carbocycles. The number of hydrogen-bond acceptors (Lipinski definition) is 3. The Labute approximate surface area is 122 Å². The topological polar surface area (TPSA) is 57.6 Å². The molecule has 0 heterocycles. The summed E-state index contributed by atoms with van der Waals surface area (Å²) < 4.78 is 12.7. The molecule has 1 N–H and O–H groups in total. The van der Waals surface area contributed by atoms with E-state index in [1.54, 1.807) is 19.1 Å². The van der Waals surface area contributed by atoms with Gasteiger partial charge in [0.25, 0.3) is 0 Å². The first-order valence-electron chi connectivity index (χ1n) is 6.32. The largest absolute Gasteiger partial charge is 0.480 e. The van der Waals surface area contributed by atoms with Gasteiger partial charge >= 0.3 is 5.97 Å². The first-order valence-corrected chi connectivity index (χ1v) is 7.31. The second-order valence-electron chi connectivity index (χ2n) is 4.32. The number of hydrogen-bond donors (Lipinski definition) is 1. The summed E-state index contributed by atoms with van der Waals surface area (Å²) in [5, 5.41) is 8.99. The van der Waals surface area contributed by atoms with Crippen molar-refractivity contribution in [3.05, 3.63) is 30.1 Å². The zero-order valence-corrected chi connectivity index (χ0v) is 12.3. The Hall–Kier alpha value is -1.56. The SMILES string of the molecule is CCC(C(=O)O)N(C)C(=O)CCSc1ccc(F)cc1. The number of likely N-dealkylation sites (N-methyl/N-ethyl adjacent to an activating group) is 1. The third-order valence-electron chi connectivity index (χ3n) is 2.93. The van der Waals surface area contributed by atoms with Gasteiger partial charge in [-0.15, -0.1) is 11.8 Å². The Bertz CT molecular complexity index is 464. The Morgan fingerprint density at radius 2 is 1.95 bits per heavy atom. The molecule has 1 aromatic rings. The van der Waals surface area contributed by atoms with Crippen LogP contribution in [-0.2, 0) is 9.59 Å². The average Bonchev–Trinajstić information content (AvgIpc) is 2.41. The predicted octanol–water partition coefficient (Wildman–Crippen LogP) is 2.63. The van der Waals surface area contributed by atoms with E-state index in [9.17, 15) is 14.0 Å². The van der Waals surface area contributed by atoms with Gasteiger partial charge in [-0.3, -0.25) is 4.79 Å². The van der Waals surface area contributed by atoms with Gasteiger partial charge in [0.2, 0.25) is 5.91 Å². The highest BCUT2D eigenvalue weighted by Crippen LogP contribution is 2.19. The van der Waals surface area contributed by atoms with Gasteiger partial charge in [-0.25, -0.2) is 9.18 Å². The highest BCUT2D eigenvalue weighted by Gasteiger charge is 2.24. The number of aliphatic carboxylic acids is 1. The molecular formula is C14H18FNO3S. The van der Waals surface area contributed by atoms with E-state index in [-0.39, 0.29) is 18.1 Å². The molecule has 0 aromatic heterocycles. The molecule has 0 bridgehead atoms. The van der Waals surface area contributed by atoms with Crippen LogP contribution in [0, 0.1) is 5.82 Å². The van der Waals surface area contributed by atoms with Gasteiger partial charge in [-0.2, -0.15) is 0 Å². The van der Waals surface area contributed by atoms with Crippen LogP contribution in [0.15, 0.2) is 29.2 Å². The van der Waals surface area contributed by atoms with Crippen LogP contribution in [0.4, 0.5) is 4.39 Å². The summed E-state index contributed by atoms with van der Waals surface area (Å²) in [6.45, 7) is 1.73. The summed E-state index contributed by atoms with van der Waals surface area (Å²) in [5.74, 6) is -0.953. The van der Waals surface area contributed by atoms with E-state index in [1.165, 1.54) is 35.8 Å². The Morgan fingerprint density at radius 3 is 2.45 bits per heavy atom. The van der Waals surface area contributed by atoms with Crippen LogP contribution in [0.25, 0.3) is 0 Å². The molecule has 1 aromatic carbocycles. The molecule has 110 valence electrons. The molecule has 6 heteroatoms. The minimum Gasteiger partial charge on any atom is -0.480 e. The van der Waals surface area contributed by atoms with E-state index in [0.29, 0.717) is 12.2 Å². The molecule has 4 nitrogen and oxygen atoms in total. The maximum atomic E-state index is 12.7. The summed E-state index contributed by atoms with van der Waals surface area (Å²) >= 11 is 1.44. The van der Waals surface area contributed by atoms with Crippen LogP contribution < -0.4 is 0 Å². The zero-order chi connectivity index (χ0) is 15.1. The second-order valence-corrected chi connectivity index (χ2v) is 5.49. The van der Waals surface area contributed by atoms with Gasteiger partial charge in [0.1, 0.15) is 11.9 Å². The smallest absolute Gasteiger partial charge is 0.326 e. The minimum atomic E-state index is -0.991. The van der Waals surface area contributed by atoms with Gasteiger partial charge in [0.15, 0.2) is 0 Å². The van der Waals surface area contributed by atoms with Crippen molar-refractivity contribution >= 4 is 23.6 Å². The van der Waals surface area contributed by atoms with E-state index in [2.05, 4.69) is 0 Å². The number of carbonyl (C=O) groups is 2. The van der Waals surface area contributed by atoms with Crippen molar-refractivity contribution in [2.45, 2.75) is 30.7 Å². The highest BCUT2D eigenvalue weighted by molar-refractivity contribution is 7.99. The second kappa shape index (κ2) is 7.89. The number of rotatable bonds is 7. The number of amides is 1. The van der Waals surface area contributed by atoms with Crippen molar-refractivity contribution in [1.29, 1.82) is 0 Å². The monoisotopic (exact) mass is 299 g/mol. The maximum Gasteiger partial charge on any atom is 0.326 e. The molecule has 1 amide bonds. The lowest BCUT2D eigenvalue weighted by Gasteiger charge is -2.23. The number of halogens is 1. The van der Waals surface area contributed by atoms with Crippen LogP contribution in [0.5, 0.6) is 0 Å². The van der Waals surface area contributed by atoms with Crippen LogP contribution in [0.3, 0.4) is 0 Å². The molecule has 20 heavy (non-hydrogen) atoms. The highest BCUT2D eigenvalue weighted by atomic mass is 32.2. The lowest BCUT2D eigenvalue weighted by atomic mass is 10.2. The molecule has 0 aliphatic rings. The van der Waals surface area contributed by atoms with Crippen molar-refractivity contribution < 1.29 is 19.1 Å². The molecule has 1 atom stereocenters. The Balaban J connectivity index is 2.43.